The summed E-state index contributed by atoms with van der Waals surface area (Å²) < 4.78 is 31.8. The van der Waals surface area contributed by atoms with Gasteiger partial charge in [0, 0.05) is 18.3 Å². The van der Waals surface area contributed by atoms with Crippen molar-refractivity contribution in [2.45, 2.75) is 18.9 Å². The molecule has 0 spiro atoms. The third-order valence-corrected chi connectivity index (χ3v) is 7.31. The highest BCUT2D eigenvalue weighted by atomic mass is 35.5. The molecule has 1 fully saturated rings. The number of hydrogen-bond acceptors (Lipinski definition) is 8. The Morgan fingerprint density at radius 2 is 1.92 bits per heavy atom. The number of carbonyl (C=O) groups is 1. The largest absolute Gasteiger partial charge is 0.755 e. The van der Waals surface area contributed by atoms with E-state index in [9.17, 15) is 13.6 Å². The number of ether oxygens (including phenoxy) is 1. The number of nitrogens with one attached hydrogen (secondary N) is 1. The third kappa shape index (κ3) is 5.08. The van der Waals surface area contributed by atoms with Gasteiger partial charge in [0.25, 0.3) is 0 Å². The number of nitrogens with zero attached hydrogens (tertiary/aromatic N) is 4. The molecule has 1 aliphatic heterocycles. The maximum atomic E-state index is 12.7. The second kappa shape index (κ2) is 10.8. The summed E-state index contributed by atoms with van der Waals surface area (Å²) >= 11 is 3.64. The Morgan fingerprint density at radius 1 is 1.16 bits per heavy atom. The summed E-state index contributed by atoms with van der Waals surface area (Å²) in [5.74, 6) is 0.351. The SMILES string of the molecule is COc1ccc(Cl)c(Nc2nc3ccccc3nc2N(c2cccc(N3CCC[C@@H]3C(N)=O)c2)S(=O)[O-])c1. The molecule has 196 valence electrons. The van der Waals surface area contributed by atoms with Crippen LogP contribution in [0.15, 0.2) is 66.7 Å². The second-order valence-electron chi connectivity index (χ2n) is 8.64. The molecule has 2 atom stereocenters. The van der Waals surface area contributed by atoms with Crippen LogP contribution in [0.3, 0.4) is 0 Å². The number of anilines is 5. The van der Waals surface area contributed by atoms with Crippen LogP contribution in [-0.4, -0.2) is 44.3 Å². The lowest BCUT2D eigenvalue weighted by Crippen LogP contribution is -2.40. The van der Waals surface area contributed by atoms with Crippen molar-refractivity contribution in [3.05, 3.63) is 71.8 Å². The molecule has 12 heteroatoms. The first-order chi connectivity index (χ1) is 18.4. The maximum Gasteiger partial charge on any atom is 0.240 e. The number of amides is 1. The fourth-order valence-electron chi connectivity index (χ4n) is 4.52. The Hall–Kier alpha value is -3.93. The molecular formula is C26H24ClN6O4S-. The van der Waals surface area contributed by atoms with Gasteiger partial charge in [-0.1, -0.05) is 29.8 Å². The molecule has 2 heterocycles. The first-order valence-electron chi connectivity index (χ1n) is 11.8. The van der Waals surface area contributed by atoms with Gasteiger partial charge < -0.3 is 25.2 Å². The number of aromatic nitrogens is 2. The van der Waals surface area contributed by atoms with E-state index in [4.69, 9.17) is 22.1 Å². The van der Waals surface area contributed by atoms with E-state index in [0.29, 0.717) is 51.8 Å². The molecule has 38 heavy (non-hydrogen) atoms. The molecule has 1 amide bonds. The lowest BCUT2D eigenvalue weighted by molar-refractivity contribution is -0.119. The summed E-state index contributed by atoms with van der Waals surface area (Å²) in [5.41, 5.74) is 8.13. The zero-order chi connectivity index (χ0) is 26.8. The van der Waals surface area contributed by atoms with Crippen LogP contribution in [0.2, 0.25) is 5.02 Å². The van der Waals surface area contributed by atoms with Gasteiger partial charge >= 0.3 is 0 Å². The Balaban J connectivity index is 1.63. The van der Waals surface area contributed by atoms with Crippen LogP contribution in [0.4, 0.5) is 28.7 Å². The predicted octanol–water partition coefficient (Wildman–Crippen LogP) is 4.42. The minimum absolute atomic E-state index is 0.0425. The predicted molar refractivity (Wildman–Crippen MR) is 148 cm³/mol. The number of hydrogen-bond donors (Lipinski definition) is 2. The van der Waals surface area contributed by atoms with Crippen molar-refractivity contribution in [2.75, 3.05) is 28.2 Å². The van der Waals surface area contributed by atoms with E-state index in [1.165, 1.54) is 7.11 Å². The smallest absolute Gasteiger partial charge is 0.240 e. The normalized spacial score (nSPS) is 15.9. The van der Waals surface area contributed by atoms with Crippen LogP contribution in [0.5, 0.6) is 5.75 Å². The summed E-state index contributed by atoms with van der Waals surface area (Å²) in [6, 6.07) is 18.6. The van der Waals surface area contributed by atoms with Crippen molar-refractivity contribution >= 4 is 68.5 Å². The third-order valence-electron chi connectivity index (χ3n) is 6.30. The Kier molecular flexibility index (Phi) is 7.32. The van der Waals surface area contributed by atoms with Crippen LogP contribution < -0.4 is 25.0 Å². The number of halogens is 1. The molecule has 10 nitrogen and oxygen atoms in total. The highest BCUT2D eigenvalue weighted by molar-refractivity contribution is 7.81. The molecule has 3 aromatic carbocycles. The average molecular weight is 552 g/mol. The molecule has 0 saturated carbocycles. The minimum atomic E-state index is -2.78. The lowest BCUT2D eigenvalue weighted by atomic mass is 10.2. The summed E-state index contributed by atoms with van der Waals surface area (Å²) in [4.78, 5) is 23.2. The molecule has 1 aromatic heterocycles. The summed E-state index contributed by atoms with van der Waals surface area (Å²) in [5, 5.41) is 3.52. The molecule has 5 rings (SSSR count). The van der Waals surface area contributed by atoms with Crippen molar-refractivity contribution < 1.29 is 18.3 Å². The van der Waals surface area contributed by atoms with Crippen LogP contribution >= 0.6 is 11.6 Å². The minimum Gasteiger partial charge on any atom is -0.755 e. The number of methoxy groups -OCH3 is 1. The molecule has 0 radical (unpaired) electrons. The molecule has 1 unspecified atom stereocenters. The number of benzene rings is 3. The van der Waals surface area contributed by atoms with Gasteiger partial charge in [0.1, 0.15) is 11.8 Å². The van der Waals surface area contributed by atoms with E-state index >= 15 is 0 Å². The maximum absolute atomic E-state index is 12.7. The van der Waals surface area contributed by atoms with Crippen molar-refractivity contribution in [3.63, 3.8) is 0 Å². The molecule has 3 N–H and O–H groups in total. The second-order valence-corrected chi connectivity index (χ2v) is 9.85. The van der Waals surface area contributed by atoms with Crippen LogP contribution in [-0.2, 0) is 16.1 Å². The fraction of sp³-hybridized carbons (Fsp3) is 0.192. The average Bonchev–Trinajstić information content (AvgIpc) is 3.41. The van der Waals surface area contributed by atoms with Gasteiger partial charge in [-0.3, -0.25) is 13.3 Å². The number of fused-ring (bicyclic) bond motifs is 1. The van der Waals surface area contributed by atoms with E-state index < -0.39 is 23.2 Å². The van der Waals surface area contributed by atoms with E-state index in [-0.39, 0.29) is 11.6 Å². The zero-order valence-corrected chi connectivity index (χ0v) is 21.9. The monoisotopic (exact) mass is 551 g/mol. The first kappa shape index (κ1) is 25.7. The van der Waals surface area contributed by atoms with E-state index in [1.807, 2.05) is 17.0 Å². The molecule has 4 aromatic rings. The van der Waals surface area contributed by atoms with Gasteiger partial charge in [0.2, 0.25) is 5.91 Å². The van der Waals surface area contributed by atoms with E-state index in [2.05, 4.69) is 15.3 Å². The first-order valence-corrected chi connectivity index (χ1v) is 13.2. The Morgan fingerprint density at radius 3 is 2.63 bits per heavy atom. The quantitative estimate of drug-likeness (QED) is 0.307. The molecular weight excluding hydrogens is 528 g/mol. The molecule has 0 bridgehead atoms. The summed E-state index contributed by atoms with van der Waals surface area (Å²) in [6.07, 6.45) is 1.45. The van der Waals surface area contributed by atoms with Gasteiger partial charge in [-0.2, -0.15) is 0 Å². The zero-order valence-electron chi connectivity index (χ0n) is 20.3. The topological polar surface area (TPSA) is 137 Å². The van der Waals surface area contributed by atoms with E-state index in [0.717, 1.165) is 10.7 Å². The van der Waals surface area contributed by atoms with Crippen molar-refractivity contribution in [3.8, 4) is 5.75 Å². The molecule has 1 saturated heterocycles. The highest BCUT2D eigenvalue weighted by Crippen LogP contribution is 2.38. The van der Waals surface area contributed by atoms with Gasteiger partial charge in [-0.25, -0.2) is 9.97 Å². The Bertz CT molecular complexity index is 1540. The fourth-order valence-corrected chi connectivity index (χ4v) is 5.24. The standard InChI is InChI=1S/C26H25ClN6O4S/c1-37-18-11-12-19(27)22(15-18)30-25-26(31-21-9-3-2-8-20(21)29-25)33(38(35)36)17-7-4-6-16(14-17)32-13-5-10-23(32)24(28)34/h2-4,6-9,11-12,14-15,23H,5,10,13H2,1H3,(H2,28,34)(H,29,30)(H,35,36)/p-1/t23-/m1/s1. The lowest BCUT2D eigenvalue weighted by Gasteiger charge is -2.29. The summed E-state index contributed by atoms with van der Waals surface area (Å²) in [7, 11) is 1.53. The van der Waals surface area contributed by atoms with Gasteiger partial charge in [-0.05, 0) is 55.3 Å². The highest BCUT2D eigenvalue weighted by Gasteiger charge is 2.30. The molecule has 1 aliphatic rings. The number of nitrogens with two attached hydrogens (primary N) is 1. The van der Waals surface area contributed by atoms with E-state index in [1.54, 1.807) is 54.6 Å². The van der Waals surface area contributed by atoms with Crippen LogP contribution in [0, 0.1) is 0 Å². The van der Waals surface area contributed by atoms with Gasteiger partial charge in [-0.15, -0.1) is 0 Å². The van der Waals surface area contributed by atoms with Crippen molar-refractivity contribution in [2.24, 2.45) is 5.73 Å². The Labute approximate surface area is 226 Å². The van der Waals surface area contributed by atoms with Crippen LogP contribution in [0.25, 0.3) is 11.0 Å². The van der Waals surface area contributed by atoms with Crippen molar-refractivity contribution in [1.82, 2.24) is 9.97 Å². The van der Waals surface area contributed by atoms with Gasteiger partial charge in [0.15, 0.2) is 11.6 Å². The number of carbonyl (C=O) groups excluding carboxylic acids is 1. The number of rotatable bonds is 8. The van der Waals surface area contributed by atoms with Crippen LogP contribution in [0.1, 0.15) is 12.8 Å². The summed E-state index contributed by atoms with van der Waals surface area (Å²) in [6.45, 7) is 0.633. The number of primary amides is 1. The van der Waals surface area contributed by atoms with Crippen molar-refractivity contribution in [1.29, 1.82) is 0 Å². The number of para-hydroxylation sites is 2. The molecule has 0 aliphatic carbocycles. The van der Waals surface area contributed by atoms with Gasteiger partial charge in [0.05, 0.1) is 45.8 Å².